The highest BCUT2D eigenvalue weighted by molar-refractivity contribution is 5.76. The van der Waals surface area contributed by atoms with E-state index in [0.29, 0.717) is 12.0 Å². The number of fused-ring (bicyclic) bond motifs is 1. The second-order valence-corrected chi connectivity index (χ2v) is 4.62. The first-order valence-electron chi connectivity index (χ1n) is 6.04. The molecule has 17 heavy (non-hydrogen) atoms. The second kappa shape index (κ2) is 5.73. The summed E-state index contributed by atoms with van der Waals surface area (Å²) in [6.45, 7) is 2.08. The van der Waals surface area contributed by atoms with Crippen LogP contribution >= 0.6 is 0 Å². The molecule has 1 N–H and O–H groups in total. The number of carbonyl (C=O) groups excluding carboxylic acids is 1. The molecule has 2 fully saturated rings. The molecule has 4 nitrogen and oxygen atoms in total. The highest BCUT2D eigenvalue weighted by Gasteiger charge is 2.37. The van der Waals surface area contributed by atoms with Gasteiger partial charge in [-0.25, -0.2) is 8.78 Å². The molecule has 0 aromatic carbocycles. The van der Waals surface area contributed by atoms with Gasteiger partial charge in [-0.05, 0) is 18.9 Å². The Labute approximate surface area is 99.3 Å². The van der Waals surface area contributed by atoms with E-state index in [2.05, 4.69) is 5.32 Å². The normalized spacial score (nSPS) is 27.8. The molecule has 2 heterocycles. The summed E-state index contributed by atoms with van der Waals surface area (Å²) in [5, 5.41) is 3.36. The van der Waals surface area contributed by atoms with Crippen LogP contribution < -0.4 is 5.32 Å². The third-order valence-electron chi connectivity index (χ3n) is 3.42. The van der Waals surface area contributed by atoms with Gasteiger partial charge in [0.2, 0.25) is 5.91 Å². The summed E-state index contributed by atoms with van der Waals surface area (Å²) in [6.07, 6.45) is -1.14. The average Bonchev–Trinajstić information content (AvgIpc) is 2.83. The fraction of sp³-hybridized carbons (Fsp3) is 0.909. The van der Waals surface area contributed by atoms with Crippen LogP contribution in [-0.2, 0) is 9.53 Å². The van der Waals surface area contributed by atoms with Gasteiger partial charge in [0.25, 0.3) is 6.43 Å². The summed E-state index contributed by atoms with van der Waals surface area (Å²) in [5.74, 6) is 0.580. The van der Waals surface area contributed by atoms with Gasteiger partial charge in [0.15, 0.2) is 0 Å². The second-order valence-electron chi connectivity index (χ2n) is 4.62. The van der Waals surface area contributed by atoms with Gasteiger partial charge >= 0.3 is 0 Å². The van der Waals surface area contributed by atoms with Crippen LogP contribution in [0, 0.1) is 5.92 Å². The number of carbonyl (C=O) groups is 1. The van der Waals surface area contributed by atoms with Crippen molar-refractivity contribution >= 4 is 5.91 Å². The maximum atomic E-state index is 11.8. The van der Waals surface area contributed by atoms with Crippen LogP contribution in [0.4, 0.5) is 8.78 Å². The molecule has 2 atom stereocenters. The fourth-order valence-electron chi connectivity index (χ4n) is 2.54. The van der Waals surface area contributed by atoms with Crippen LogP contribution in [-0.4, -0.2) is 56.1 Å². The van der Waals surface area contributed by atoms with Crippen LogP contribution in [0.1, 0.15) is 12.8 Å². The Balaban J connectivity index is 1.64. The molecule has 1 amide bonds. The maximum Gasteiger partial charge on any atom is 0.261 e. The Morgan fingerprint density at radius 2 is 2.29 bits per heavy atom. The van der Waals surface area contributed by atoms with Gasteiger partial charge in [-0.15, -0.1) is 0 Å². The molecule has 0 saturated carbocycles. The van der Waals surface area contributed by atoms with Gasteiger partial charge < -0.3 is 15.0 Å². The number of hydrogen-bond acceptors (Lipinski definition) is 3. The van der Waals surface area contributed by atoms with Crippen molar-refractivity contribution in [1.29, 1.82) is 0 Å². The monoisotopic (exact) mass is 248 g/mol. The van der Waals surface area contributed by atoms with Crippen molar-refractivity contribution in [2.24, 2.45) is 5.92 Å². The third kappa shape index (κ3) is 3.35. The van der Waals surface area contributed by atoms with E-state index in [-0.39, 0.29) is 18.9 Å². The molecule has 0 bridgehead atoms. The Morgan fingerprint density at radius 3 is 3.00 bits per heavy atom. The number of nitrogens with one attached hydrogen (secondary N) is 1. The lowest BCUT2D eigenvalue weighted by Crippen LogP contribution is -2.34. The fourth-order valence-corrected chi connectivity index (χ4v) is 2.54. The Hall–Kier alpha value is -0.750. The minimum Gasteiger partial charge on any atom is -0.375 e. The molecule has 6 heteroatoms. The van der Waals surface area contributed by atoms with E-state index in [1.54, 1.807) is 0 Å². The topological polar surface area (TPSA) is 41.6 Å². The zero-order chi connectivity index (χ0) is 12.3. The molecule has 0 aliphatic carbocycles. The summed E-state index contributed by atoms with van der Waals surface area (Å²) in [5.41, 5.74) is 0. The van der Waals surface area contributed by atoms with Crippen molar-refractivity contribution in [3.63, 3.8) is 0 Å². The van der Waals surface area contributed by atoms with Gasteiger partial charge in [-0.2, -0.15) is 0 Å². The summed E-state index contributed by atoms with van der Waals surface area (Å²) >= 11 is 0. The van der Waals surface area contributed by atoms with Gasteiger partial charge in [0, 0.05) is 19.1 Å². The first-order chi connectivity index (χ1) is 8.16. The van der Waals surface area contributed by atoms with E-state index in [1.165, 1.54) is 0 Å². The zero-order valence-electron chi connectivity index (χ0n) is 9.70. The highest BCUT2D eigenvalue weighted by Crippen LogP contribution is 2.24. The van der Waals surface area contributed by atoms with Crippen molar-refractivity contribution < 1.29 is 18.3 Å². The lowest BCUT2D eigenvalue weighted by Gasteiger charge is -2.17. The number of rotatable bonds is 5. The summed E-state index contributed by atoms with van der Waals surface area (Å²) in [6, 6.07) is 0.431. The molecular weight excluding hydrogens is 230 g/mol. The Kier molecular flexibility index (Phi) is 4.28. The van der Waals surface area contributed by atoms with Crippen LogP contribution in [0.3, 0.4) is 0 Å². The van der Waals surface area contributed by atoms with Gasteiger partial charge in [0.1, 0.15) is 6.61 Å². The summed E-state index contributed by atoms with van der Waals surface area (Å²) < 4.78 is 28.3. The van der Waals surface area contributed by atoms with Gasteiger partial charge in [-0.3, -0.25) is 4.79 Å². The first-order valence-corrected chi connectivity index (χ1v) is 6.04. The third-order valence-corrected chi connectivity index (χ3v) is 3.42. The van der Waals surface area contributed by atoms with Crippen LogP contribution in [0.2, 0.25) is 0 Å². The number of amides is 1. The molecule has 0 aromatic rings. The van der Waals surface area contributed by atoms with E-state index in [4.69, 9.17) is 4.74 Å². The largest absolute Gasteiger partial charge is 0.375 e. The van der Waals surface area contributed by atoms with Crippen molar-refractivity contribution in [3.05, 3.63) is 0 Å². The smallest absolute Gasteiger partial charge is 0.261 e. The molecule has 2 saturated heterocycles. The summed E-state index contributed by atoms with van der Waals surface area (Å²) in [4.78, 5) is 13.6. The summed E-state index contributed by atoms with van der Waals surface area (Å²) in [7, 11) is 0. The highest BCUT2D eigenvalue weighted by atomic mass is 19.3. The number of ether oxygens (including phenoxy) is 1. The first kappa shape index (κ1) is 12.7. The molecular formula is C11H18F2N2O2. The molecule has 2 rings (SSSR count). The quantitative estimate of drug-likeness (QED) is 0.719. The molecule has 0 spiro atoms. The Bertz CT molecular complexity index is 264. The molecule has 2 aliphatic heterocycles. The number of hydrogen-bond donors (Lipinski definition) is 1. The van der Waals surface area contributed by atoms with E-state index < -0.39 is 13.0 Å². The van der Waals surface area contributed by atoms with Gasteiger partial charge in [0.05, 0.1) is 13.0 Å². The van der Waals surface area contributed by atoms with Crippen molar-refractivity contribution in [2.45, 2.75) is 25.3 Å². The van der Waals surface area contributed by atoms with Crippen molar-refractivity contribution in [2.75, 3.05) is 32.8 Å². The van der Waals surface area contributed by atoms with Crippen LogP contribution in [0.25, 0.3) is 0 Å². The van der Waals surface area contributed by atoms with Crippen LogP contribution in [0.5, 0.6) is 0 Å². The molecule has 0 unspecified atom stereocenters. The van der Waals surface area contributed by atoms with E-state index in [9.17, 15) is 13.6 Å². The van der Waals surface area contributed by atoms with Crippen LogP contribution in [0.15, 0.2) is 0 Å². The Morgan fingerprint density at radius 1 is 1.47 bits per heavy atom. The number of alkyl halides is 2. The molecule has 0 radical (unpaired) electrons. The van der Waals surface area contributed by atoms with Crippen molar-refractivity contribution in [3.8, 4) is 0 Å². The van der Waals surface area contributed by atoms with E-state index >= 15 is 0 Å². The minimum atomic E-state index is -2.46. The molecule has 98 valence electrons. The molecule has 0 aromatic heterocycles. The predicted octanol–water partition coefficient (Wildman–Crippen LogP) is 0.478. The number of halogens is 2. The maximum absolute atomic E-state index is 11.8. The predicted molar refractivity (Wildman–Crippen MR) is 57.9 cm³/mol. The SMILES string of the molecule is O=C(CCOCC(F)F)N1C[C@@H]2CCN[C@@H]2C1. The zero-order valence-corrected chi connectivity index (χ0v) is 9.70. The lowest BCUT2D eigenvalue weighted by molar-refractivity contribution is -0.131. The average molecular weight is 248 g/mol. The molecule has 2 aliphatic rings. The number of nitrogens with zero attached hydrogens (tertiary/aromatic N) is 1. The van der Waals surface area contributed by atoms with E-state index in [0.717, 1.165) is 26.1 Å². The minimum absolute atomic E-state index is 0.00969. The van der Waals surface area contributed by atoms with Gasteiger partial charge in [-0.1, -0.05) is 0 Å². The van der Waals surface area contributed by atoms with Crippen molar-refractivity contribution in [1.82, 2.24) is 10.2 Å². The standard InChI is InChI=1S/C11H18F2N2O2/c12-10(13)7-17-4-2-11(16)15-5-8-1-3-14-9(8)6-15/h8-10,14H,1-7H2/t8-,9+/m0/s1. The van der Waals surface area contributed by atoms with E-state index in [1.807, 2.05) is 4.90 Å². The number of likely N-dealkylation sites (tertiary alicyclic amines) is 1. The lowest BCUT2D eigenvalue weighted by atomic mass is 10.1.